The number of imide groups is 1. The molecule has 1 aliphatic heterocycles. The van der Waals surface area contributed by atoms with Crippen LogP contribution in [0.3, 0.4) is 0 Å². The molecule has 7 heteroatoms. The first kappa shape index (κ1) is 16.4. The van der Waals surface area contributed by atoms with Crippen LogP contribution in [0.1, 0.15) is 34.6 Å². The van der Waals surface area contributed by atoms with Crippen molar-refractivity contribution in [2.24, 2.45) is 0 Å². The van der Waals surface area contributed by atoms with E-state index < -0.39 is 21.8 Å². The quantitative estimate of drug-likeness (QED) is 0.862. The third-order valence-corrected chi connectivity index (χ3v) is 5.23. The van der Waals surface area contributed by atoms with Crippen LogP contribution in [0.4, 0.5) is 5.69 Å². The van der Waals surface area contributed by atoms with E-state index in [1.54, 1.807) is 38.1 Å². The van der Waals surface area contributed by atoms with Gasteiger partial charge in [0.25, 0.3) is 11.8 Å². The Labute approximate surface area is 140 Å². The lowest BCUT2D eigenvalue weighted by molar-refractivity contribution is 0.0926. The Kier molecular flexibility index (Phi) is 3.98. The van der Waals surface area contributed by atoms with E-state index in [2.05, 4.69) is 4.72 Å². The van der Waals surface area contributed by atoms with Crippen LogP contribution in [0, 0.1) is 0 Å². The predicted molar refractivity (Wildman–Crippen MR) is 89.5 cm³/mol. The van der Waals surface area contributed by atoms with Crippen molar-refractivity contribution in [3.8, 4) is 0 Å². The third kappa shape index (κ3) is 2.72. The first-order valence-corrected chi connectivity index (χ1v) is 8.90. The highest BCUT2D eigenvalue weighted by molar-refractivity contribution is 7.89. The van der Waals surface area contributed by atoms with Crippen LogP contribution in [0.25, 0.3) is 0 Å². The lowest BCUT2D eigenvalue weighted by Gasteiger charge is -2.16. The van der Waals surface area contributed by atoms with Crippen LogP contribution in [0.15, 0.2) is 53.4 Å². The molecule has 0 aliphatic carbocycles. The molecular weight excluding hydrogens is 328 g/mol. The van der Waals surface area contributed by atoms with Crippen LogP contribution in [-0.4, -0.2) is 26.3 Å². The van der Waals surface area contributed by atoms with Crippen LogP contribution < -0.4 is 9.62 Å². The van der Waals surface area contributed by atoms with Crippen LogP contribution in [0.2, 0.25) is 0 Å². The molecule has 24 heavy (non-hydrogen) atoms. The summed E-state index contributed by atoms with van der Waals surface area (Å²) in [5.41, 5.74) is 0.861. The first-order chi connectivity index (χ1) is 11.3. The maximum absolute atomic E-state index is 12.5. The van der Waals surface area contributed by atoms with Gasteiger partial charge in [0, 0.05) is 6.04 Å². The van der Waals surface area contributed by atoms with E-state index in [1.165, 1.54) is 24.3 Å². The largest absolute Gasteiger partial charge is 0.268 e. The summed E-state index contributed by atoms with van der Waals surface area (Å²) in [5, 5.41) is 0. The molecule has 0 saturated carbocycles. The zero-order valence-corrected chi connectivity index (χ0v) is 14.0. The SMILES string of the molecule is CC(C)NS(=O)(=O)c1cccc(N2C(=O)c3ccccc3C2=O)c1. The van der Waals surface area contributed by atoms with Crippen molar-refractivity contribution in [3.63, 3.8) is 0 Å². The number of nitrogens with one attached hydrogen (secondary N) is 1. The molecule has 124 valence electrons. The molecule has 2 aromatic carbocycles. The van der Waals surface area contributed by atoms with Crippen molar-refractivity contribution in [1.29, 1.82) is 0 Å². The van der Waals surface area contributed by atoms with Gasteiger partial charge < -0.3 is 0 Å². The molecule has 1 N–H and O–H groups in total. The van der Waals surface area contributed by atoms with Crippen molar-refractivity contribution in [2.75, 3.05) is 4.90 Å². The van der Waals surface area contributed by atoms with Gasteiger partial charge in [0.1, 0.15) is 0 Å². The van der Waals surface area contributed by atoms with Crippen LogP contribution in [0.5, 0.6) is 0 Å². The molecule has 3 rings (SSSR count). The number of carbonyl (C=O) groups excluding carboxylic acids is 2. The van der Waals surface area contributed by atoms with Gasteiger partial charge in [-0.1, -0.05) is 18.2 Å². The smallest absolute Gasteiger partial charge is 0.266 e. The summed E-state index contributed by atoms with van der Waals surface area (Å²) in [6.45, 7) is 3.43. The van der Waals surface area contributed by atoms with Gasteiger partial charge in [0.2, 0.25) is 10.0 Å². The number of anilines is 1. The van der Waals surface area contributed by atoms with Gasteiger partial charge in [-0.15, -0.1) is 0 Å². The maximum atomic E-state index is 12.5. The van der Waals surface area contributed by atoms with Crippen molar-refractivity contribution in [3.05, 3.63) is 59.7 Å². The van der Waals surface area contributed by atoms with Gasteiger partial charge in [-0.25, -0.2) is 18.0 Å². The van der Waals surface area contributed by atoms with E-state index in [0.29, 0.717) is 11.1 Å². The average Bonchev–Trinajstić information content (AvgIpc) is 2.78. The number of rotatable bonds is 4. The van der Waals surface area contributed by atoms with E-state index >= 15 is 0 Å². The zero-order valence-electron chi connectivity index (χ0n) is 13.2. The summed E-state index contributed by atoms with van der Waals surface area (Å²) in [7, 11) is -3.71. The minimum Gasteiger partial charge on any atom is -0.268 e. The first-order valence-electron chi connectivity index (χ1n) is 7.41. The Morgan fingerprint density at radius 2 is 1.50 bits per heavy atom. The highest BCUT2D eigenvalue weighted by Gasteiger charge is 2.36. The van der Waals surface area contributed by atoms with Crippen LogP contribution in [-0.2, 0) is 10.0 Å². The third-order valence-electron chi connectivity index (χ3n) is 3.57. The molecule has 0 spiro atoms. The summed E-state index contributed by atoms with van der Waals surface area (Å²) >= 11 is 0. The van der Waals surface area contributed by atoms with Crippen molar-refractivity contribution < 1.29 is 18.0 Å². The summed E-state index contributed by atoms with van der Waals surface area (Å²) in [6, 6.07) is 12.1. The normalized spacial score (nSPS) is 14.4. The Bertz CT molecular complexity index is 900. The van der Waals surface area contributed by atoms with E-state index in [-0.39, 0.29) is 16.6 Å². The summed E-state index contributed by atoms with van der Waals surface area (Å²) in [6.07, 6.45) is 0. The lowest BCUT2D eigenvalue weighted by Crippen LogP contribution is -2.31. The number of hydrogen-bond acceptors (Lipinski definition) is 4. The Morgan fingerprint density at radius 3 is 2.04 bits per heavy atom. The molecule has 2 aromatic rings. The minimum atomic E-state index is -3.71. The minimum absolute atomic E-state index is 0.00487. The van der Waals surface area contributed by atoms with Crippen LogP contribution >= 0.6 is 0 Å². The second-order valence-corrected chi connectivity index (χ2v) is 7.48. The van der Waals surface area contributed by atoms with Gasteiger partial charge in [-0.05, 0) is 44.2 Å². The van der Waals surface area contributed by atoms with E-state index in [1.807, 2.05) is 0 Å². The summed E-state index contributed by atoms with van der Waals surface area (Å²) < 4.78 is 27.1. The number of benzene rings is 2. The second kappa shape index (κ2) is 5.85. The van der Waals surface area contributed by atoms with Gasteiger partial charge in [0.05, 0.1) is 21.7 Å². The molecular formula is C17H16N2O4S. The highest BCUT2D eigenvalue weighted by atomic mass is 32.2. The molecule has 1 heterocycles. The van der Waals surface area contributed by atoms with E-state index in [0.717, 1.165) is 4.90 Å². The number of hydrogen-bond donors (Lipinski definition) is 1. The average molecular weight is 344 g/mol. The standard InChI is InChI=1S/C17H16N2O4S/c1-11(2)18-24(22,23)13-7-5-6-12(10-13)19-16(20)14-8-3-4-9-15(14)17(19)21/h3-11,18H,1-2H3. The topological polar surface area (TPSA) is 83.6 Å². The number of sulfonamides is 1. The predicted octanol–water partition coefficient (Wildman–Crippen LogP) is 2.17. The fourth-order valence-corrected chi connectivity index (χ4v) is 3.88. The van der Waals surface area contributed by atoms with Gasteiger partial charge in [-0.3, -0.25) is 9.59 Å². The summed E-state index contributed by atoms with van der Waals surface area (Å²) in [4.78, 5) is 26.0. The monoisotopic (exact) mass is 344 g/mol. The van der Waals surface area contributed by atoms with Gasteiger partial charge in [0.15, 0.2) is 0 Å². The molecule has 6 nitrogen and oxygen atoms in total. The number of amides is 2. The molecule has 0 atom stereocenters. The van der Waals surface area contributed by atoms with Crippen molar-refractivity contribution in [2.45, 2.75) is 24.8 Å². The second-order valence-electron chi connectivity index (χ2n) is 5.76. The molecule has 0 saturated heterocycles. The number of nitrogens with zero attached hydrogens (tertiary/aromatic N) is 1. The Balaban J connectivity index is 2.02. The lowest BCUT2D eigenvalue weighted by atomic mass is 10.1. The molecule has 0 unspecified atom stereocenters. The molecule has 1 aliphatic rings. The highest BCUT2D eigenvalue weighted by Crippen LogP contribution is 2.29. The maximum Gasteiger partial charge on any atom is 0.266 e. The van der Waals surface area contributed by atoms with Crippen molar-refractivity contribution in [1.82, 2.24) is 4.72 Å². The molecule has 0 radical (unpaired) electrons. The summed E-state index contributed by atoms with van der Waals surface area (Å²) in [5.74, 6) is -0.913. The number of fused-ring (bicyclic) bond motifs is 1. The van der Waals surface area contributed by atoms with Gasteiger partial charge >= 0.3 is 0 Å². The van der Waals surface area contributed by atoms with E-state index in [9.17, 15) is 18.0 Å². The molecule has 0 fully saturated rings. The Hall–Kier alpha value is -2.51. The Morgan fingerprint density at radius 1 is 0.917 bits per heavy atom. The molecule has 2 amide bonds. The number of carbonyl (C=O) groups is 2. The fourth-order valence-electron chi connectivity index (χ4n) is 2.59. The fraction of sp³-hybridized carbons (Fsp3) is 0.176. The zero-order chi connectivity index (χ0) is 17.5. The van der Waals surface area contributed by atoms with E-state index in [4.69, 9.17) is 0 Å². The molecule has 0 bridgehead atoms. The van der Waals surface area contributed by atoms with Gasteiger partial charge in [-0.2, -0.15) is 0 Å². The molecule has 0 aromatic heterocycles. The van der Waals surface area contributed by atoms with Crippen molar-refractivity contribution >= 4 is 27.5 Å².